The highest BCUT2D eigenvalue weighted by Crippen LogP contribution is 2.42. The zero-order valence-electron chi connectivity index (χ0n) is 8.69. The highest BCUT2D eigenvalue weighted by Gasteiger charge is 2.31. The summed E-state index contributed by atoms with van der Waals surface area (Å²) < 4.78 is 5.56. The Balaban J connectivity index is 1.97. The summed E-state index contributed by atoms with van der Waals surface area (Å²) in [6, 6.07) is 0. The van der Waals surface area contributed by atoms with Crippen molar-refractivity contribution in [2.45, 2.75) is 57.8 Å². The van der Waals surface area contributed by atoms with Gasteiger partial charge in [0.25, 0.3) is 0 Å². The molecule has 1 heteroatoms. The third-order valence-electron chi connectivity index (χ3n) is 3.94. The van der Waals surface area contributed by atoms with E-state index in [-0.39, 0.29) is 0 Å². The molecule has 2 rings (SSSR count). The molecule has 0 atom stereocenters. The van der Waals surface area contributed by atoms with Crippen molar-refractivity contribution in [3.8, 4) is 0 Å². The van der Waals surface area contributed by atoms with Crippen molar-refractivity contribution >= 4 is 0 Å². The third-order valence-corrected chi connectivity index (χ3v) is 3.94. The van der Waals surface area contributed by atoms with E-state index in [1.54, 1.807) is 0 Å². The van der Waals surface area contributed by atoms with Crippen molar-refractivity contribution in [1.29, 1.82) is 0 Å². The lowest BCUT2D eigenvalue weighted by Gasteiger charge is -2.30. The summed E-state index contributed by atoms with van der Waals surface area (Å²) in [5.41, 5.74) is 0.701. The van der Waals surface area contributed by atoms with Gasteiger partial charge in [0.05, 0.1) is 0 Å². The van der Waals surface area contributed by atoms with Gasteiger partial charge in [-0.1, -0.05) is 25.7 Å². The van der Waals surface area contributed by atoms with Crippen LogP contribution in [0.4, 0.5) is 0 Å². The molecule has 0 amide bonds. The molecule has 13 heavy (non-hydrogen) atoms. The first-order chi connectivity index (χ1) is 6.41. The first-order valence-corrected chi connectivity index (χ1v) is 5.99. The van der Waals surface area contributed by atoms with E-state index < -0.39 is 0 Å². The normalized spacial score (nSPS) is 29.5. The van der Waals surface area contributed by atoms with Crippen LogP contribution in [0.25, 0.3) is 0 Å². The van der Waals surface area contributed by atoms with Gasteiger partial charge in [0.2, 0.25) is 0 Å². The van der Waals surface area contributed by atoms with Crippen molar-refractivity contribution in [2.24, 2.45) is 5.41 Å². The van der Waals surface area contributed by atoms with Gasteiger partial charge in [-0.3, -0.25) is 0 Å². The summed E-state index contributed by atoms with van der Waals surface area (Å²) in [5.74, 6) is 0. The monoisotopic (exact) mass is 182 g/mol. The first kappa shape index (κ1) is 9.51. The van der Waals surface area contributed by atoms with E-state index in [1.807, 2.05) is 0 Å². The van der Waals surface area contributed by atoms with E-state index in [1.165, 1.54) is 57.8 Å². The molecule has 0 aromatic carbocycles. The van der Waals surface area contributed by atoms with Crippen molar-refractivity contribution in [3.63, 3.8) is 0 Å². The SMILES string of the molecule is C1CCCC2(CC1)CCCOCC2. The van der Waals surface area contributed by atoms with Crippen LogP contribution in [-0.4, -0.2) is 13.2 Å². The molecule has 0 unspecified atom stereocenters. The molecule has 0 N–H and O–H groups in total. The van der Waals surface area contributed by atoms with E-state index in [9.17, 15) is 0 Å². The highest BCUT2D eigenvalue weighted by atomic mass is 16.5. The minimum Gasteiger partial charge on any atom is -0.381 e. The average Bonchev–Trinajstić information content (AvgIpc) is 2.50. The van der Waals surface area contributed by atoms with E-state index in [0.29, 0.717) is 5.41 Å². The molecule has 1 saturated heterocycles. The quantitative estimate of drug-likeness (QED) is 0.557. The summed E-state index contributed by atoms with van der Waals surface area (Å²) in [5, 5.41) is 0. The second-order valence-corrected chi connectivity index (χ2v) is 4.88. The summed E-state index contributed by atoms with van der Waals surface area (Å²) in [6.45, 7) is 2.04. The molecule has 2 aliphatic rings. The topological polar surface area (TPSA) is 9.23 Å². The van der Waals surface area contributed by atoms with Gasteiger partial charge in [0.1, 0.15) is 0 Å². The first-order valence-electron chi connectivity index (χ1n) is 5.99. The molecule has 0 aromatic heterocycles. The second-order valence-electron chi connectivity index (χ2n) is 4.88. The zero-order chi connectivity index (χ0) is 8.99. The van der Waals surface area contributed by atoms with Crippen molar-refractivity contribution in [3.05, 3.63) is 0 Å². The van der Waals surface area contributed by atoms with Crippen LogP contribution >= 0.6 is 0 Å². The second kappa shape index (κ2) is 4.45. The number of ether oxygens (including phenoxy) is 1. The molecule has 1 heterocycles. The molecule has 0 radical (unpaired) electrons. The summed E-state index contributed by atoms with van der Waals surface area (Å²) in [4.78, 5) is 0. The zero-order valence-corrected chi connectivity index (χ0v) is 8.69. The van der Waals surface area contributed by atoms with Gasteiger partial charge in [0.15, 0.2) is 0 Å². The van der Waals surface area contributed by atoms with Gasteiger partial charge < -0.3 is 4.74 Å². The van der Waals surface area contributed by atoms with Gasteiger partial charge in [-0.15, -0.1) is 0 Å². The van der Waals surface area contributed by atoms with Crippen LogP contribution < -0.4 is 0 Å². The number of hydrogen-bond donors (Lipinski definition) is 0. The van der Waals surface area contributed by atoms with Crippen LogP contribution in [0.15, 0.2) is 0 Å². The van der Waals surface area contributed by atoms with Crippen LogP contribution in [0.2, 0.25) is 0 Å². The largest absolute Gasteiger partial charge is 0.381 e. The van der Waals surface area contributed by atoms with Gasteiger partial charge in [-0.05, 0) is 37.5 Å². The Kier molecular flexibility index (Phi) is 3.26. The maximum absolute atomic E-state index is 5.56. The lowest BCUT2D eigenvalue weighted by molar-refractivity contribution is 0.125. The molecular formula is C12H22O. The summed E-state index contributed by atoms with van der Waals surface area (Å²) >= 11 is 0. The Labute approximate surface area is 81.9 Å². The van der Waals surface area contributed by atoms with Crippen LogP contribution in [0, 0.1) is 5.41 Å². The van der Waals surface area contributed by atoms with Crippen molar-refractivity contribution in [1.82, 2.24) is 0 Å². The molecule has 0 aromatic rings. The van der Waals surface area contributed by atoms with Crippen LogP contribution in [0.5, 0.6) is 0 Å². The maximum Gasteiger partial charge on any atom is 0.0471 e. The Morgan fingerprint density at radius 2 is 1.31 bits per heavy atom. The minimum atomic E-state index is 0.701. The molecule has 0 bridgehead atoms. The fraction of sp³-hybridized carbons (Fsp3) is 1.00. The standard InChI is InChI=1S/C12H22O/c1-2-4-7-12(6-3-1)8-5-10-13-11-9-12/h1-11H2. The van der Waals surface area contributed by atoms with Crippen molar-refractivity contribution in [2.75, 3.05) is 13.2 Å². The van der Waals surface area contributed by atoms with Gasteiger partial charge in [0, 0.05) is 13.2 Å². The van der Waals surface area contributed by atoms with Crippen LogP contribution in [0.3, 0.4) is 0 Å². The predicted octanol–water partition coefficient (Wildman–Crippen LogP) is 3.53. The molecule has 1 saturated carbocycles. The molecule has 1 aliphatic carbocycles. The summed E-state index contributed by atoms with van der Waals surface area (Å²) in [6.07, 6.45) is 12.9. The maximum atomic E-state index is 5.56. The smallest absolute Gasteiger partial charge is 0.0471 e. The van der Waals surface area contributed by atoms with E-state index in [4.69, 9.17) is 4.74 Å². The molecular weight excluding hydrogens is 160 g/mol. The number of rotatable bonds is 0. The molecule has 2 fully saturated rings. The van der Waals surface area contributed by atoms with Gasteiger partial charge in [-0.2, -0.15) is 0 Å². The summed E-state index contributed by atoms with van der Waals surface area (Å²) in [7, 11) is 0. The van der Waals surface area contributed by atoms with E-state index in [2.05, 4.69) is 0 Å². The van der Waals surface area contributed by atoms with Crippen LogP contribution in [0.1, 0.15) is 57.8 Å². The Morgan fingerprint density at radius 3 is 2.08 bits per heavy atom. The Morgan fingerprint density at radius 1 is 0.615 bits per heavy atom. The Bertz CT molecular complexity index is 116. The van der Waals surface area contributed by atoms with Crippen LogP contribution in [-0.2, 0) is 4.74 Å². The lowest BCUT2D eigenvalue weighted by atomic mass is 9.74. The third kappa shape index (κ3) is 2.46. The predicted molar refractivity (Wildman–Crippen MR) is 54.8 cm³/mol. The van der Waals surface area contributed by atoms with E-state index in [0.717, 1.165) is 13.2 Å². The number of hydrogen-bond acceptors (Lipinski definition) is 1. The molecule has 1 spiro atoms. The van der Waals surface area contributed by atoms with Gasteiger partial charge >= 0.3 is 0 Å². The highest BCUT2D eigenvalue weighted by molar-refractivity contribution is 4.82. The Hall–Kier alpha value is -0.0400. The average molecular weight is 182 g/mol. The minimum absolute atomic E-state index is 0.701. The van der Waals surface area contributed by atoms with Crippen molar-refractivity contribution < 1.29 is 4.74 Å². The molecule has 76 valence electrons. The molecule has 1 aliphatic heterocycles. The van der Waals surface area contributed by atoms with Gasteiger partial charge in [-0.25, -0.2) is 0 Å². The lowest BCUT2D eigenvalue weighted by Crippen LogP contribution is -2.20. The fourth-order valence-corrected chi connectivity index (χ4v) is 3.04. The fourth-order valence-electron chi connectivity index (χ4n) is 3.04. The molecule has 1 nitrogen and oxygen atoms in total. The van der Waals surface area contributed by atoms with E-state index >= 15 is 0 Å².